The molecule has 3 aromatic rings. The van der Waals surface area contributed by atoms with Crippen molar-refractivity contribution in [3.8, 4) is 11.8 Å². The molecule has 1 saturated heterocycles. The standard InChI is InChI=1S/C33H29N3O4/c1-3-35-31(37)30(40-33(35)34-29-18-12-11-17-28(29)32(38)39-4-2)23-24-19-21-27(22-20-24)36(25-13-7-5-8-14-25)26-15-9-6-10-16-26/h5-10,12-16,18-23,28-29H,3-4H2,1-2H3/b30-23+,34-33?/t28-,29?/m1/s1. The van der Waals surface area contributed by atoms with Crippen molar-refractivity contribution in [3.05, 3.63) is 108 Å². The predicted octanol–water partition coefficient (Wildman–Crippen LogP) is 5.85. The molecule has 7 nitrogen and oxygen atoms in total. The molecule has 2 aliphatic rings. The topological polar surface area (TPSA) is 71.4 Å². The summed E-state index contributed by atoms with van der Waals surface area (Å²) < 4.78 is 11.1. The molecule has 7 heteroatoms. The second-order valence-electron chi connectivity index (χ2n) is 9.04. The van der Waals surface area contributed by atoms with Gasteiger partial charge in [0, 0.05) is 23.6 Å². The van der Waals surface area contributed by atoms with Crippen molar-refractivity contribution in [2.75, 3.05) is 18.1 Å². The van der Waals surface area contributed by atoms with Crippen molar-refractivity contribution in [2.24, 2.45) is 10.9 Å². The molecule has 200 valence electrons. The fourth-order valence-electron chi connectivity index (χ4n) is 4.51. The minimum atomic E-state index is -0.757. The number of amidine groups is 1. The van der Waals surface area contributed by atoms with E-state index in [1.807, 2.05) is 67.6 Å². The van der Waals surface area contributed by atoms with Gasteiger partial charge in [-0.2, -0.15) is 0 Å². The summed E-state index contributed by atoms with van der Waals surface area (Å²) in [6.45, 7) is 4.20. The molecule has 1 aliphatic heterocycles. The number of esters is 1. The van der Waals surface area contributed by atoms with Gasteiger partial charge in [-0.15, -0.1) is 0 Å². The van der Waals surface area contributed by atoms with Crippen molar-refractivity contribution < 1.29 is 19.1 Å². The number of anilines is 3. The van der Waals surface area contributed by atoms with E-state index in [0.717, 1.165) is 22.6 Å². The number of ether oxygens (including phenoxy) is 2. The number of rotatable bonds is 8. The summed E-state index contributed by atoms with van der Waals surface area (Å²) in [6, 6.07) is 27.7. The van der Waals surface area contributed by atoms with Crippen LogP contribution in [0.15, 0.2) is 108 Å². The van der Waals surface area contributed by atoms with Gasteiger partial charge in [-0.3, -0.25) is 14.5 Å². The van der Waals surface area contributed by atoms with Crippen LogP contribution in [0.25, 0.3) is 6.08 Å². The van der Waals surface area contributed by atoms with Gasteiger partial charge < -0.3 is 14.4 Å². The van der Waals surface area contributed by atoms with E-state index in [0.29, 0.717) is 6.54 Å². The zero-order valence-corrected chi connectivity index (χ0v) is 22.4. The molecule has 5 rings (SSSR count). The Kier molecular flexibility index (Phi) is 8.07. The van der Waals surface area contributed by atoms with E-state index in [1.165, 1.54) is 4.90 Å². The highest BCUT2D eigenvalue weighted by Crippen LogP contribution is 2.34. The van der Waals surface area contributed by atoms with Gasteiger partial charge in [0.05, 0.1) is 12.6 Å². The molecular formula is C33H29N3O4. The third-order valence-corrected chi connectivity index (χ3v) is 6.44. The van der Waals surface area contributed by atoms with Gasteiger partial charge in [0.1, 0.15) is 5.92 Å². The lowest BCUT2D eigenvalue weighted by atomic mass is 9.98. The quantitative estimate of drug-likeness (QED) is 0.207. The average Bonchev–Trinajstić information content (AvgIpc) is 3.28. The number of likely N-dealkylation sites (N-methyl/N-ethyl adjacent to an activating group) is 1. The Bertz CT molecular complexity index is 1480. The number of hydrogen-bond donors (Lipinski definition) is 0. The Balaban J connectivity index is 1.40. The van der Waals surface area contributed by atoms with E-state index in [1.54, 1.807) is 25.2 Å². The minimum absolute atomic E-state index is 0.141. The maximum absolute atomic E-state index is 13.2. The normalized spacial score (nSPS) is 19.8. The van der Waals surface area contributed by atoms with E-state index >= 15 is 0 Å². The first-order valence-electron chi connectivity index (χ1n) is 13.2. The summed E-state index contributed by atoms with van der Waals surface area (Å²) in [7, 11) is 0. The Morgan fingerprint density at radius 1 is 0.975 bits per heavy atom. The molecule has 0 radical (unpaired) electrons. The molecule has 1 fully saturated rings. The maximum atomic E-state index is 13.2. The van der Waals surface area contributed by atoms with Gasteiger partial charge in [0.25, 0.3) is 5.91 Å². The first-order chi connectivity index (χ1) is 19.6. The number of hydrogen-bond acceptors (Lipinski definition) is 6. The SMILES string of the molecule is CCOC(=O)[C@@H]1C#CC=CC1N=C1O/C(=C/c2ccc(N(c3ccccc3)c3ccccc3)cc2)C(=O)N1CC. The molecular weight excluding hydrogens is 502 g/mol. The molecule has 1 heterocycles. The lowest BCUT2D eigenvalue weighted by Crippen LogP contribution is -2.33. The van der Waals surface area contributed by atoms with Crippen LogP contribution in [0.1, 0.15) is 19.4 Å². The Hall–Kier alpha value is -5.09. The fraction of sp³-hybridized carbons (Fsp3) is 0.182. The van der Waals surface area contributed by atoms with Gasteiger partial charge in [-0.25, -0.2) is 4.99 Å². The molecule has 0 bridgehead atoms. The molecule has 3 aromatic carbocycles. The molecule has 0 spiro atoms. The van der Waals surface area contributed by atoms with E-state index in [2.05, 4.69) is 46.0 Å². The minimum Gasteiger partial charge on any atom is -0.465 e. The summed E-state index contributed by atoms with van der Waals surface area (Å²) >= 11 is 0. The second kappa shape index (κ2) is 12.2. The van der Waals surface area contributed by atoms with E-state index in [9.17, 15) is 9.59 Å². The van der Waals surface area contributed by atoms with Crippen LogP contribution in [-0.4, -0.2) is 42.0 Å². The molecule has 1 unspecified atom stereocenters. The highest BCUT2D eigenvalue weighted by molar-refractivity contribution is 6.11. The molecule has 0 N–H and O–H groups in total. The van der Waals surface area contributed by atoms with Gasteiger partial charge in [0.15, 0.2) is 5.76 Å². The molecule has 1 aliphatic carbocycles. The number of carbonyl (C=O) groups excluding carboxylic acids is 2. The predicted molar refractivity (Wildman–Crippen MR) is 156 cm³/mol. The number of para-hydroxylation sites is 2. The summed E-state index contributed by atoms with van der Waals surface area (Å²) in [6.07, 6.45) is 5.06. The van der Waals surface area contributed by atoms with Crippen molar-refractivity contribution in [3.63, 3.8) is 0 Å². The Morgan fingerprint density at radius 3 is 2.20 bits per heavy atom. The highest BCUT2D eigenvalue weighted by Gasteiger charge is 2.36. The second-order valence-corrected chi connectivity index (χ2v) is 9.04. The molecule has 0 saturated carbocycles. The van der Waals surface area contributed by atoms with Crippen LogP contribution in [0.4, 0.5) is 17.1 Å². The van der Waals surface area contributed by atoms with Gasteiger partial charge in [-0.05, 0) is 74.0 Å². The number of aliphatic imine (C=N–C) groups is 1. The van der Waals surface area contributed by atoms with Crippen LogP contribution in [0.5, 0.6) is 0 Å². The van der Waals surface area contributed by atoms with E-state index < -0.39 is 17.9 Å². The van der Waals surface area contributed by atoms with Crippen molar-refractivity contribution in [1.29, 1.82) is 0 Å². The summed E-state index contributed by atoms with van der Waals surface area (Å²) in [5.74, 6) is 4.33. The van der Waals surface area contributed by atoms with Crippen LogP contribution in [0.2, 0.25) is 0 Å². The van der Waals surface area contributed by atoms with Crippen molar-refractivity contribution in [2.45, 2.75) is 19.9 Å². The molecule has 0 aromatic heterocycles. The number of allylic oxidation sites excluding steroid dienone is 1. The van der Waals surface area contributed by atoms with Gasteiger partial charge in [-0.1, -0.05) is 60.4 Å². The lowest BCUT2D eigenvalue weighted by Gasteiger charge is -2.25. The van der Waals surface area contributed by atoms with Crippen LogP contribution in [0, 0.1) is 17.8 Å². The zero-order chi connectivity index (χ0) is 27.9. The van der Waals surface area contributed by atoms with Crippen molar-refractivity contribution in [1.82, 2.24) is 4.90 Å². The summed E-state index contributed by atoms with van der Waals surface area (Å²) in [5, 5.41) is 0. The first-order valence-corrected chi connectivity index (χ1v) is 13.2. The molecule has 2 atom stereocenters. The number of carbonyl (C=O) groups is 2. The lowest BCUT2D eigenvalue weighted by molar-refractivity contribution is -0.146. The number of amides is 1. The fourth-order valence-corrected chi connectivity index (χ4v) is 4.51. The van der Waals surface area contributed by atoms with Gasteiger partial charge >= 0.3 is 12.0 Å². The molecule has 1 amide bonds. The monoisotopic (exact) mass is 531 g/mol. The summed E-state index contributed by atoms with van der Waals surface area (Å²) in [4.78, 5) is 33.8. The van der Waals surface area contributed by atoms with Crippen LogP contribution >= 0.6 is 0 Å². The zero-order valence-electron chi connectivity index (χ0n) is 22.4. The largest absolute Gasteiger partial charge is 0.465 e. The number of benzene rings is 3. The van der Waals surface area contributed by atoms with Crippen LogP contribution in [-0.2, 0) is 19.1 Å². The highest BCUT2D eigenvalue weighted by atomic mass is 16.5. The van der Waals surface area contributed by atoms with Gasteiger partial charge in [0.2, 0.25) is 0 Å². The Morgan fingerprint density at radius 2 is 1.60 bits per heavy atom. The Labute approximate surface area is 234 Å². The summed E-state index contributed by atoms with van der Waals surface area (Å²) in [5.41, 5.74) is 3.86. The van der Waals surface area contributed by atoms with Crippen LogP contribution in [0.3, 0.4) is 0 Å². The smallest absolute Gasteiger partial charge is 0.323 e. The molecule has 40 heavy (non-hydrogen) atoms. The van der Waals surface area contributed by atoms with Crippen molar-refractivity contribution >= 4 is 41.0 Å². The third kappa shape index (κ3) is 5.67. The average molecular weight is 532 g/mol. The number of nitrogens with zero attached hydrogens (tertiary/aromatic N) is 3. The van der Waals surface area contributed by atoms with E-state index in [4.69, 9.17) is 9.47 Å². The third-order valence-electron chi connectivity index (χ3n) is 6.44. The van der Waals surface area contributed by atoms with E-state index in [-0.39, 0.29) is 24.3 Å². The first kappa shape index (κ1) is 26.5. The van der Waals surface area contributed by atoms with Crippen LogP contribution < -0.4 is 4.90 Å². The maximum Gasteiger partial charge on any atom is 0.323 e.